The molecule has 1 aromatic heterocycles. The molecule has 1 aliphatic rings. The maximum absolute atomic E-state index is 11.9. The van der Waals surface area contributed by atoms with Gasteiger partial charge in [-0.15, -0.1) is 0 Å². The van der Waals surface area contributed by atoms with Crippen molar-refractivity contribution in [3.05, 3.63) is 29.6 Å². The Labute approximate surface area is 104 Å². The molecule has 18 heavy (non-hydrogen) atoms. The molecule has 5 heteroatoms. The molecule has 5 nitrogen and oxygen atoms in total. The van der Waals surface area contributed by atoms with Crippen molar-refractivity contribution in [3.63, 3.8) is 0 Å². The van der Waals surface area contributed by atoms with Crippen molar-refractivity contribution in [2.45, 2.75) is 12.3 Å². The minimum Gasteiger partial charge on any atom is -0.468 e. The number of fused-ring (bicyclic) bond motifs is 1. The number of carbonyl (C=O) groups excluding carboxylic acids is 1. The summed E-state index contributed by atoms with van der Waals surface area (Å²) in [6.07, 6.45) is 0. The molecule has 2 heterocycles. The fourth-order valence-electron chi connectivity index (χ4n) is 2.34. The van der Waals surface area contributed by atoms with Crippen LogP contribution in [0.4, 0.5) is 0 Å². The van der Waals surface area contributed by atoms with Crippen molar-refractivity contribution >= 4 is 17.0 Å². The second kappa shape index (κ2) is 3.81. The third-order valence-electron chi connectivity index (χ3n) is 3.43. The summed E-state index contributed by atoms with van der Waals surface area (Å²) in [4.78, 5) is 19.4. The molecular formula is C13H14N2O3. The van der Waals surface area contributed by atoms with Crippen LogP contribution in [-0.4, -0.2) is 36.3 Å². The van der Waals surface area contributed by atoms with E-state index in [4.69, 9.17) is 9.47 Å². The van der Waals surface area contributed by atoms with Crippen LogP contribution in [0.25, 0.3) is 11.0 Å². The lowest BCUT2D eigenvalue weighted by atomic mass is 9.78. The highest BCUT2D eigenvalue weighted by atomic mass is 16.5. The number of methoxy groups -OCH3 is 1. The van der Waals surface area contributed by atoms with Crippen LogP contribution < -0.4 is 0 Å². The number of imidazole rings is 1. The molecule has 0 amide bonds. The van der Waals surface area contributed by atoms with Gasteiger partial charge in [0.05, 0.1) is 31.4 Å². The minimum atomic E-state index is -0.651. The van der Waals surface area contributed by atoms with Crippen LogP contribution in [-0.2, 0) is 19.7 Å². The van der Waals surface area contributed by atoms with Crippen LogP contribution in [0.15, 0.2) is 18.2 Å². The van der Waals surface area contributed by atoms with Gasteiger partial charge in [-0.25, -0.2) is 4.98 Å². The predicted octanol–water partition coefficient (Wildman–Crippen LogP) is 1.31. The predicted molar refractivity (Wildman–Crippen MR) is 65.3 cm³/mol. The summed E-state index contributed by atoms with van der Waals surface area (Å²) in [6.45, 7) is 2.65. The Morgan fingerprint density at radius 2 is 2.28 bits per heavy atom. The second-order valence-electron chi connectivity index (χ2n) is 4.62. The number of esters is 1. The molecule has 3 rings (SSSR count). The SMILES string of the molecule is COC(=O)C1(c2ccc3nc(C)[nH]c3c2)COC1. The molecule has 1 aliphatic heterocycles. The van der Waals surface area contributed by atoms with Gasteiger partial charge < -0.3 is 14.5 Å². The first-order valence-corrected chi connectivity index (χ1v) is 5.79. The standard InChI is InChI=1S/C13H14N2O3/c1-8-14-10-4-3-9(5-11(10)15-8)13(6-18-7-13)12(16)17-2/h3-5H,6-7H2,1-2H3,(H,14,15). The van der Waals surface area contributed by atoms with Crippen LogP contribution in [0, 0.1) is 6.92 Å². The number of hydrogen-bond acceptors (Lipinski definition) is 4. The van der Waals surface area contributed by atoms with Gasteiger partial charge in [-0.2, -0.15) is 0 Å². The summed E-state index contributed by atoms with van der Waals surface area (Å²) in [5, 5.41) is 0. The van der Waals surface area contributed by atoms with E-state index >= 15 is 0 Å². The zero-order valence-electron chi connectivity index (χ0n) is 10.3. The molecule has 0 saturated carbocycles. The fraction of sp³-hybridized carbons (Fsp3) is 0.385. The fourth-order valence-corrected chi connectivity index (χ4v) is 2.34. The average Bonchev–Trinajstić information content (AvgIpc) is 2.66. The van der Waals surface area contributed by atoms with E-state index in [1.165, 1.54) is 7.11 Å². The number of aromatic nitrogens is 2. The quantitative estimate of drug-likeness (QED) is 0.811. The van der Waals surface area contributed by atoms with Crippen LogP contribution in [0.3, 0.4) is 0 Å². The highest BCUT2D eigenvalue weighted by Gasteiger charge is 2.48. The van der Waals surface area contributed by atoms with E-state index in [0.29, 0.717) is 13.2 Å². The molecule has 0 bridgehead atoms. The number of aryl methyl sites for hydroxylation is 1. The van der Waals surface area contributed by atoms with Gasteiger partial charge in [-0.05, 0) is 24.6 Å². The number of aromatic amines is 1. The van der Waals surface area contributed by atoms with E-state index in [-0.39, 0.29) is 5.97 Å². The number of benzene rings is 1. The highest BCUT2D eigenvalue weighted by molar-refractivity contribution is 5.87. The van der Waals surface area contributed by atoms with Crippen molar-refractivity contribution in [1.82, 2.24) is 9.97 Å². The van der Waals surface area contributed by atoms with E-state index in [2.05, 4.69) is 9.97 Å². The number of H-pyrrole nitrogens is 1. The lowest BCUT2D eigenvalue weighted by Gasteiger charge is -2.38. The van der Waals surface area contributed by atoms with Crippen LogP contribution in [0.2, 0.25) is 0 Å². The third-order valence-corrected chi connectivity index (χ3v) is 3.43. The normalized spacial score (nSPS) is 17.4. The summed E-state index contributed by atoms with van der Waals surface area (Å²) in [6, 6.07) is 5.79. The largest absolute Gasteiger partial charge is 0.468 e. The van der Waals surface area contributed by atoms with Gasteiger partial charge in [0, 0.05) is 0 Å². The number of carbonyl (C=O) groups is 1. The molecule has 0 unspecified atom stereocenters. The van der Waals surface area contributed by atoms with Gasteiger partial charge >= 0.3 is 5.97 Å². The highest BCUT2D eigenvalue weighted by Crippen LogP contribution is 2.34. The molecule has 2 aromatic rings. The lowest BCUT2D eigenvalue weighted by molar-refractivity contribution is -0.166. The van der Waals surface area contributed by atoms with Crippen molar-refractivity contribution in [2.24, 2.45) is 0 Å². The average molecular weight is 246 g/mol. The number of nitrogens with zero attached hydrogens (tertiary/aromatic N) is 1. The van der Waals surface area contributed by atoms with Crippen molar-refractivity contribution in [1.29, 1.82) is 0 Å². The van der Waals surface area contributed by atoms with E-state index in [1.807, 2.05) is 25.1 Å². The van der Waals surface area contributed by atoms with Crippen molar-refractivity contribution in [2.75, 3.05) is 20.3 Å². The molecule has 1 fully saturated rings. The van der Waals surface area contributed by atoms with Crippen LogP contribution in [0.1, 0.15) is 11.4 Å². The molecule has 0 radical (unpaired) electrons. The maximum atomic E-state index is 11.9. The molecule has 1 saturated heterocycles. The Hall–Kier alpha value is -1.88. The van der Waals surface area contributed by atoms with Gasteiger partial charge in [0.2, 0.25) is 0 Å². The molecule has 0 atom stereocenters. The van der Waals surface area contributed by atoms with Gasteiger partial charge in [-0.1, -0.05) is 6.07 Å². The Morgan fingerprint density at radius 1 is 1.50 bits per heavy atom. The first-order valence-electron chi connectivity index (χ1n) is 5.79. The van der Waals surface area contributed by atoms with Crippen molar-refractivity contribution in [3.8, 4) is 0 Å². The van der Waals surface area contributed by atoms with Crippen LogP contribution in [0.5, 0.6) is 0 Å². The van der Waals surface area contributed by atoms with E-state index in [1.54, 1.807) is 0 Å². The number of hydrogen-bond donors (Lipinski definition) is 1. The minimum absolute atomic E-state index is 0.246. The number of rotatable bonds is 2. The number of nitrogens with one attached hydrogen (secondary N) is 1. The van der Waals surface area contributed by atoms with E-state index in [9.17, 15) is 4.79 Å². The summed E-state index contributed by atoms with van der Waals surface area (Å²) in [7, 11) is 1.40. The molecule has 1 aromatic carbocycles. The van der Waals surface area contributed by atoms with E-state index in [0.717, 1.165) is 22.4 Å². The monoisotopic (exact) mass is 246 g/mol. The summed E-state index contributed by atoms with van der Waals surface area (Å²) < 4.78 is 10.1. The third kappa shape index (κ3) is 1.44. The van der Waals surface area contributed by atoms with E-state index < -0.39 is 5.41 Å². The maximum Gasteiger partial charge on any atom is 0.321 e. The first-order chi connectivity index (χ1) is 8.65. The smallest absolute Gasteiger partial charge is 0.321 e. The van der Waals surface area contributed by atoms with Gasteiger partial charge in [-0.3, -0.25) is 4.79 Å². The second-order valence-corrected chi connectivity index (χ2v) is 4.62. The first kappa shape index (κ1) is 11.2. The molecule has 0 aliphatic carbocycles. The zero-order valence-corrected chi connectivity index (χ0v) is 10.3. The zero-order chi connectivity index (χ0) is 12.8. The molecule has 0 spiro atoms. The summed E-state index contributed by atoms with van der Waals surface area (Å²) >= 11 is 0. The summed E-state index contributed by atoms with van der Waals surface area (Å²) in [5.74, 6) is 0.614. The molecular weight excluding hydrogens is 232 g/mol. The molecule has 94 valence electrons. The van der Waals surface area contributed by atoms with Crippen LogP contribution >= 0.6 is 0 Å². The topological polar surface area (TPSA) is 64.2 Å². The Morgan fingerprint density at radius 3 is 2.89 bits per heavy atom. The molecule has 1 N–H and O–H groups in total. The Kier molecular flexibility index (Phi) is 2.38. The Bertz CT molecular complexity index is 614. The Balaban J connectivity index is 2.10. The summed E-state index contributed by atoms with van der Waals surface area (Å²) in [5.41, 5.74) is 2.09. The van der Waals surface area contributed by atoms with Gasteiger partial charge in [0.1, 0.15) is 11.2 Å². The number of ether oxygens (including phenoxy) is 2. The lowest BCUT2D eigenvalue weighted by Crippen LogP contribution is -2.53. The van der Waals surface area contributed by atoms with Gasteiger partial charge in [0.15, 0.2) is 0 Å². The van der Waals surface area contributed by atoms with Crippen molar-refractivity contribution < 1.29 is 14.3 Å². The van der Waals surface area contributed by atoms with Gasteiger partial charge in [0.25, 0.3) is 0 Å².